The van der Waals surface area contributed by atoms with Crippen molar-refractivity contribution in [3.8, 4) is 0 Å². The van der Waals surface area contributed by atoms with E-state index >= 15 is 0 Å². The number of hydrogen-bond acceptors (Lipinski definition) is 3. The number of anilines is 1. The van der Waals surface area contributed by atoms with Gasteiger partial charge < -0.3 is 11.1 Å². The molecule has 98 valence electrons. The molecule has 0 saturated heterocycles. The van der Waals surface area contributed by atoms with Gasteiger partial charge in [-0.25, -0.2) is 0 Å². The van der Waals surface area contributed by atoms with Gasteiger partial charge in [-0.15, -0.1) is 11.8 Å². The third-order valence-corrected chi connectivity index (χ3v) is 4.43. The zero-order chi connectivity index (χ0) is 13.0. The van der Waals surface area contributed by atoms with Crippen LogP contribution in [0, 0.1) is 0 Å². The predicted molar refractivity (Wildman–Crippen MR) is 84.6 cm³/mol. The van der Waals surface area contributed by atoms with Gasteiger partial charge in [0.05, 0.1) is 0 Å². The van der Waals surface area contributed by atoms with Gasteiger partial charge in [0.1, 0.15) is 4.99 Å². The lowest BCUT2D eigenvalue weighted by molar-refractivity contribution is 0.755. The van der Waals surface area contributed by atoms with Crippen LogP contribution in [0.3, 0.4) is 0 Å². The quantitative estimate of drug-likeness (QED) is 0.636. The van der Waals surface area contributed by atoms with E-state index in [1.54, 1.807) is 11.8 Å². The van der Waals surface area contributed by atoms with E-state index in [1.807, 2.05) is 0 Å². The Kier molecular flexibility index (Phi) is 4.89. The second kappa shape index (κ2) is 6.43. The molecule has 0 heterocycles. The van der Waals surface area contributed by atoms with Crippen molar-refractivity contribution in [3.05, 3.63) is 23.8 Å². The van der Waals surface area contributed by atoms with Crippen LogP contribution in [0.5, 0.6) is 0 Å². The monoisotopic (exact) mass is 280 g/mol. The highest BCUT2D eigenvalue weighted by Gasteiger charge is 2.18. The lowest BCUT2D eigenvalue weighted by Crippen LogP contribution is -2.20. The molecule has 0 aliphatic heterocycles. The number of benzene rings is 1. The molecule has 0 aromatic heterocycles. The average molecular weight is 280 g/mol. The number of nitrogens with two attached hydrogens (primary N) is 1. The van der Waals surface area contributed by atoms with E-state index in [1.165, 1.54) is 30.6 Å². The Morgan fingerprint density at radius 1 is 1.44 bits per heavy atom. The molecule has 1 aliphatic rings. The van der Waals surface area contributed by atoms with E-state index in [0.29, 0.717) is 11.0 Å². The second-order valence-corrected chi connectivity index (χ2v) is 6.35. The van der Waals surface area contributed by atoms with Crippen LogP contribution in [-0.4, -0.2) is 16.8 Å². The predicted octanol–water partition coefficient (Wildman–Crippen LogP) is 3.79. The largest absolute Gasteiger partial charge is 0.389 e. The van der Waals surface area contributed by atoms with Crippen molar-refractivity contribution in [2.75, 3.05) is 11.1 Å². The SMILES string of the molecule is CCSc1cccc(NC2CCCC2)c1C(N)=S. The molecule has 2 nitrogen and oxygen atoms in total. The molecular weight excluding hydrogens is 260 g/mol. The third kappa shape index (κ3) is 3.18. The molecule has 1 aromatic rings. The molecule has 1 aliphatic carbocycles. The molecular formula is C14H20N2S2. The van der Waals surface area contributed by atoms with Crippen LogP contribution in [0.2, 0.25) is 0 Å². The molecule has 0 atom stereocenters. The van der Waals surface area contributed by atoms with E-state index in [4.69, 9.17) is 18.0 Å². The van der Waals surface area contributed by atoms with Crippen LogP contribution < -0.4 is 11.1 Å². The highest BCUT2D eigenvalue weighted by atomic mass is 32.2. The molecule has 0 bridgehead atoms. The lowest BCUT2D eigenvalue weighted by Gasteiger charge is -2.18. The summed E-state index contributed by atoms with van der Waals surface area (Å²) in [5, 5.41) is 3.61. The summed E-state index contributed by atoms with van der Waals surface area (Å²) in [5.74, 6) is 1.03. The molecule has 0 spiro atoms. The van der Waals surface area contributed by atoms with E-state index in [9.17, 15) is 0 Å². The fourth-order valence-electron chi connectivity index (χ4n) is 2.47. The van der Waals surface area contributed by atoms with Gasteiger partial charge >= 0.3 is 0 Å². The van der Waals surface area contributed by atoms with Crippen molar-refractivity contribution in [1.82, 2.24) is 0 Å². The van der Waals surface area contributed by atoms with Crippen LogP contribution in [0.4, 0.5) is 5.69 Å². The van der Waals surface area contributed by atoms with E-state index < -0.39 is 0 Å². The maximum absolute atomic E-state index is 5.90. The Bertz CT molecular complexity index is 426. The zero-order valence-electron chi connectivity index (χ0n) is 10.7. The molecule has 3 N–H and O–H groups in total. The van der Waals surface area contributed by atoms with Gasteiger partial charge in [0.15, 0.2) is 0 Å². The first kappa shape index (κ1) is 13.7. The summed E-state index contributed by atoms with van der Waals surface area (Å²) in [5.41, 5.74) is 8.02. The molecule has 1 fully saturated rings. The molecule has 1 saturated carbocycles. The van der Waals surface area contributed by atoms with Gasteiger partial charge in [-0.05, 0) is 30.7 Å². The van der Waals surface area contributed by atoms with Crippen molar-refractivity contribution in [2.24, 2.45) is 5.73 Å². The molecule has 2 rings (SSSR count). The van der Waals surface area contributed by atoms with Crippen LogP contribution in [-0.2, 0) is 0 Å². The Balaban J connectivity index is 2.26. The van der Waals surface area contributed by atoms with Gasteiger partial charge in [0.2, 0.25) is 0 Å². The Hall–Kier alpha value is -0.740. The minimum Gasteiger partial charge on any atom is -0.389 e. The van der Waals surface area contributed by atoms with E-state index in [2.05, 4.69) is 30.4 Å². The number of thioether (sulfide) groups is 1. The molecule has 1 aromatic carbocycles. The minimum absolute atomic E-state index is 0.493. The minimum atomic E-state index is 0.493. The normalized spacial score (nSPS) is 15.8. The molecule has 18 heavy (non-hydrogen) atoms. The highest BCUT2D eigenvalue weighted by molar-refractivity contribution is 7.99. The van der Waals surface area contributed by atoms with E-state index in [0.717, 1.165) is 17.0 Å². The summed E-state index contributed by atoms with van der Waals surface area (Å²) < 4.78 is 0. The van der Waals surface area contributed by atoms with Crippen LogP contribution in [0.15, 0.2) is 23.1 Å². The fraction of sp³-hybridized carbons (Fsp3) is 0.500. The standard InChI is InChI=1S/C14H20N2S2/c1-2-18-12-9-5-8-11(13(12)14(15)17)16-10-6-3-4-7-10/h5,8-10,16H,2-4,6-7H2,1H3,(H2,15,17). The summed E-state index contributed by atoms with van der Waals surface area (Å²) >= 11 is 7.01. The van der Waals surface area contributed by atoms with Crippen molar-refractivity contribution in [3.63, 3.8) is 0 Å². The number of hydrogen-bond donors (Lipinski definition) is 2. The Labute approximate surface area is 119 Å². The van der Waals surface area contributed by atoms with Gasteiger partial charge in [0, 0.05) is 22.2 Å². The summed E-state index contributed by atoms with van der Waals surface area (Å²) in [7, 11) is 0. The van der Waals surface area contributed by atoms with Crippen molar-refractivity contribution >= 4 is 34.7 Å². The van der Waals surface area contributed by atoms with Crippen LogP contribution in [0.1, 0.15) is 38.2 Å². The number of rotatable bonds is 5. The highest BCUT2D eigenvalue weighted by Crippen LogP contribution is 2.31. The van der Waals surface area contributed by atoms with E-state index in [-0.39, 0.29) is 0 Å². The third-order valence-electron chi connectivity index (χ3n) is 3.29. The van der Waals surface area contributed by atoms with Gasteiger partial charge in [-0.2, -0.15) is 0 Å². The Morgan fingerprint density at radius 3 is 2.78 bits per heavy atom. The van der Waals surface area contributed by atoms with Crippen LogP contribution >= 0.6 is 24.0 Å². The van der Waals surface area contributed by atoms with Gasteiger partial charge in [-0.1, -0.05) is 38.0 Å². The number of nitrogens with one attached hydrogen (secondary N) is 1. The molecule has 0 amide bonds. The van der Waals surface area contributed by atoms with Crippen molar-refractivity contribution in [1.29, 1.82) is 0 Å². The topological polar surface area (TPSA) is 38.0 Å². The summed E-state index contributed by atoms with van der Waals surface area (Å²) in [6.45, 7) is 2.14. The molecule has 0 unspecified atom stereocenters. The lowest BCUT2D eigenvalue weighted by atomic mass is 10.1. The first-order valence-electron chi connectivity index (χ1n) is 6.54. The van der Waals surface area contributed by atoms with Gasteiger partial charge in [0.25, 0.3) is 0 Å². The van der Waals surface area contributed by atoms with Gasteiger partial charge in [-0.3, -0.25) is 0 Å². The molecule has 0 radical (unpaired) electrons. The summed E-state index contributed by atoms with van der Waals surface area (Å²) in [6.07, 6.45) is 5.15. The summed E-state index contributed by atoms with van der Waals surface area (Å²) in [6, 6.07) is 6.85. The fourth-order valence-corrected chi connectivity index (χ4v) is 3.61. The summed E-state index contributed by atoms with van der Waals surface area (Å²) in [4.78, 5) is 1.68. The van der Waals surface area contributed by atoms with Crippen LogP contribution in [0.25, 0.3) is 0 Å². The first-order valence-corrected chi connectivity index (χ1v) is 7.94. The van der Waals surface area contributed by atoms with Crippen molar-refractivity contribution < 1.29 is 0 Å². The second-order valence-electron chi connectivity index (χ2n) is 4.60. The maximum atomic E-state index is 5.90. The smallest absolute Gasteiger partial charge is 0.107 e. The number of thiocarbonyl (C=S) groups is 1. The zero-order valence-corrected chi connectivity index (χ0v) is 12.4. The molecule has 4 heteroatoms. The van der Waals surface area contributed by atoms with Crippen molar-refractivity contribution in [2.45, 2.75) is 43.5 Å². The first-order chi connectivity index (χ1) is 8.72. The Morgan fingerprint density at radius 2 is 2.17 bits per heavy atom. The maximum Gasteiger partial charge on any atom is 0.107 e. The average Bonchev–Trinajstić information content (AvgIpc) is 2.82.